The van der Waals surface area contributed by atoms with Gasteiger partial charge in [0, 0.05) is 6.07 Å². The highest BCUT2D eigenvalue weighted by molar-refractivity contribution is 6.43. The Morgan fingerprint density at radius 2 is 1.67 bits per heavy atom. The summed E-state index contributed by atoms with van der Waals surface area (Å²) in [5.41, 5.74) is 0. The minimum atomic E-state index is -0.947. The van der Waals surface area contributed by atoms with Crippen LogP contribution in [-0.2, 0) is 0 Å². The van der Waals surface area contributed by atoms with Crippen LogP contribution in [0.3, 0.4) is 0 Å². The first-order chi connectivity index (χ1) is 5.65. The van der Waals surface area contributed by atoms with E-state index in [9.17, 15) is 4.39 Å². The fourth-order valence-electron chi connectivity index (χ4n) is 0.674. The van der Waals surface area contributed by atoms with Crippen LogP contribution in [-0.4, -0.2) is 6.86 Å². The number of hydrogen-bond acceptors (Lipinski definition) is 1. The molecule has 0 fully saturated rings. The molecule has 1 aromatic carbocycles. The first-order valence-electron chi connectivity index (χ1n) is 2.98. The molecule has 1 rings (SSSR count). The Kier molecular flexibility index (Phi) is 3.44. The molecule has 66 valence electrons. The zero-order chi connectivity index (χ0) is 9.14. The molecule has 1 nitrogen and oxygen atoms in total. The summed E-state index contributed by atoms with van der Waals surface area (Å²) in [6.07, 6.45) is 0. The van der Waals surface area contributed by atoms with Gasteiger partial charge in [0.1, 0.15) is 5.75 Å². The molecule has 0 spiro atoms. The van der Waals surface area contributed by atoms with Gasteiger partial charge >= 0.3 is 0 Å². The summed E-state index contributed by atoms with van der Waals surface area (Å²) < 4.78 is 16.3. The molecule has 0 aliphatic carbocycles. The molecule has 0 bridgehead atoms. The molecular weight excluding hydrogens is 225 g/mol. The first-order valence-corrected chi connectivity index (χ1v) is 4.12. The normalized spacial score (nSPS) is 10.0. The van der Waals surface area contributed by atoms with Crippen LogP contribution in [0.5, 0.6) is 5.75 Å². The third-order valence-corrected chi connectivity index (χ3v) is 2.20. The quantitative estimate of drug-likeness (QED) is 0.698. The number of hydrogen-bond donors (Lipinski definition) is 0. The van der Waals surface area contributed by atoms with E-state index < -0.39 is 6.86 Å². The van der Waals surface area contributed by atoms with Gasteiger partial charge in [-0.15, -0.1) is 0 Å². The molecule has 0 amide bonds. The van der Waals surface area contributed by atoms with Crippen molar-refractivity contribution in [3.8, 4) is 5.75 Å². The Hall–Kier alpha value is -0.180. The molecule has 0 heterocycles. The van der Waals surface area contributed by atoms with Crippen LogP contribution in [0.4, 0.5) is 4.39 Å². The molecular formula is C7H4Cl3FO. The topological polar surface area (TPSA) is 9.23 Å². The van der Waals surface area contributed by atoms with Gasteiger partial charge in [-0.05, 0) is 6.07 Å². The van der Waals surface area contributed by atoms with Crippen LogP contribution in [0, 0.1) is 0 Å². The van der Waals surface area contributed by atoms with E-state index in [1.807, 2.05) is 0 Å². The summed E-state index contributed by atoms with van der Waals surface area (Å²) in [5.74, 6) is 0.188. The van der Waals surface area contributed by atoms with Crippen LogP contribution in [0.1, 0.15) is 0 Å². The van der Waals surface area contributed by atoms with Gasteiger partial charge in [-0.25, -0.2) is 4.39 Å². The maximum Gasteiger partial charge on any atom is 0.228 e. The van der Waals surface area contributed by atoms with Crippen molar-refractivity contribution in [2.45, 2.75) is 0 Å². The lowest BCUT2D eigenvalue weighted by molar-refractivity contribution is 0.192. The van der Waals surface area contributed by atoms with Crippen molar-refractivity contribution < 1.29 is 9.13 Å². The zero-order valence-electron chi connectivity index (χ0n) is 5.78. The van der Waals surface area contributed by atoms with Gasteiger partial charge in [0.05, 0.1) is 15.1 Å². The van der Waals surface area contributed by atoms with E-state index in [0.717, 1.165) is 0 Å². The summed E-state index contributed by atoms with van der Waals surface area (Å²) in [4.78, 5) is 0. The van der Waals surface area contributed by atoms with Crippen molar-refractivity contribution in [2.24, 2.45) is 0 Å². The van der Waals surface area contributed by atoms with E-state index in [1.165, 1.54) is 12.1 Å². The minimum Gasteiger partial charge on any atom is -0.461 e. The molecule has 0 aliphatic rings. The van der Waals surface area contributed by atoms with Crippen molar-refractivity contribution in [1.82, 2.24) is 0 Å². The highest BCUT2D eigenvalue weighted by Gasteiger charge is 2.06. The van der Waals surface area contributed by atoms with Gasteiger partial charge in [-0.1, -0.05) is 34.8 Å². The van der Waals surface area contributed by atoms with Crippen molar-refractivity contribution in [1.29, 1.82) is 0 Å². The molecule has 0 saturated carbocycles. The number of ether oxygens (including phenoxy) is 1. The van der Waals surface area contributed by atoms with Crippen LogP contribution in [0.15, 0.2) is 12.1 Å². The van der Waals surface area contributed by atoms with Crippen molar-refractivity contribution in [3.05, 3.63) is 27.2 Å². The molecule has 0 saturated heterocycles. The zero-order valence-corrected chi connectivity index (χ0v) is 8.05. The number of rotatable bonds is 2. The highest BCUT2D eigenvalue weighted by Crippen LogP contribution is 2.33. The smallest absolute Gasteiger partial charge is 0.228 e. The lowest BCUT2D eigenvalue weighted by Crippen LogP contribution is -1.90. The summed E-state index contributed by atoms with van der Waals surface area (Å²) >= 11 is 16.9. The Morgan fingerprint density at radius 1 is 1.08 bits per heavy atom. The predicted molar refractivity (Wildman–Crippen MR) is 48.1 cm³/mol. The van der Waals surface area contributed by atoms with Crippen molar-refractivity contribution in [3.63, 3.8) is 0 Å². The Bertz CT molecular complexity index is 290. The van der Waals surface area contributed by atoms with E-state index in [0.29, 0.717) is 5.02 Å². The molecule has 0 atom stereocenters. The number of halogens is 4. The molecule has 0 aliphatic heterocycles. The number of benzene rings is 1. The SMILES string of the molecule is FCOc1cc(Cl)c(Cl)cc1Cl. The summed E-state index contributed by atoms with van der Waals surface area (Å²) in [6, 6.07) is 2.77. The summed E-state index contributed by atoms with van der Waals surface area (Å²) in [6.45, 7) is -0.947. The molecule has 0 aromatic heterocycles. The summed E-state index contributed by atoms with van der Waals surface area (Å²) in [5, 5.41) is 0.833. The molecule has 0 unspecified atom stereocenters. The van der Waals surface area contributed by atoms with E-state index in [2.05, 4.69) is 4.74 Å². The van der Waals surface area contributed by atoms with Crippen LogP contribution >= 0.6 is 34.8 Å². The second-order valence-electron chi connectivity index (χ2n) is 1.95. The maximum atomic E-state index is 11.7. The second kappa shape index (κ2) is 4.17. The van der Waals surface area contributed by atoms with Crippen molar-refractivity contribution in [2.75, 3.05) is 6.86 Å². The van der Waals surface area contributed by atoms with Crippen LogP contribution < -0.4 is 4.74 Å². The molecule has 12 heavy (non-hydrogen) atoms. The van der Waals surface area contributed by atoms with Gasteiger partial charge in [-0.3, -0.25) is 0 Å². The van der Waals surface area contributed by atoms with Gasteiger partial charge in [0.2, 0.25) is 6.86 Å². The Labute approximate surface area is 84.0 Å². The lowest BCUT2D eigenvalue weighted by Gasteiger charge is -2.04. The average molecular weight is 229 g/mol. The van der Waals surface area contributed by atoms with Gasteiger partial charge in [0.15, 0.2) is 0 Å². The predicted octanol–water partition coefficient (Wildman–Crippen LogP) is 3.95. The van der Waals surface area contributed by atoms with Crippen LogP contribution in [0.25, 0.3) is 0 Å². The Morgan fingerprint density at radius 3 is 2.25 bits per heavy atom. The van der Waals surface area contributed by atoms with E-state index in [-0.39, 0.29) is 15.8 Å². The highest BCUT2D eigenvalue weighted by atomic mass is 35.5. The third kappa shape index (κ3) is 2.16. The van der Waals surface area contributed by atoms with E-state index >= 15 is 0 Å². The van der Waals surface area contributed by atoms with E-state index in [1.54, 1.807) is 0 Å². The lowest BCUT2D eigenvalue weighted by atomic mass is 10.3. The minimum absolute atomic E-state index is 0.188. The average Bonchev–Trinajstić information content (AvgIpc) is 2.01. The Balaban J connectivity index is 3.05. The maximum absolute atomic E-state index is 11.7. The third-order valence-electron chi connectivity index (χ3n) is 1.18. The first kappa shape index (κ1) is 9.90. The monoisotopic (exact) mass is 228 g/mol. The van der Waals surface area contributed by atoms with Crippen LogP contribution in [0.2, 0.25) is 15.1 Å². The molecule has 5 heteroatoms. The fraction of sp³-hybridized carbons (Fsp3) is 0.143. The van der Waals surface area contributed by atoms with E-state index in [4.69, 9.17) is 34.8 Å². The number of alkyl halides is 1. The molecule has 1 aromatic rings. The van der Waals surface area contributed by atoms with Gasteiger partial charge in [-0.2, -0.15) is 0 Å². The van der Waals surface area contributed by atoms with Gasteiger partial charge < -0.3 is 4.74 Å². The van der Waals surface area contributed by atoms with Gasteiger partial charge in [0.25, 0.3) is 0 Å². The molecule has 0 radical (unpaired) electrons. The standard InChI is InChI=1S/C7H4Cl3FO/c8-4-1-6(10)7(12-3-11)2-5(4)9/h1-2H,3H2. The summed E-state index contributed by atoms with van der Waals surface area (Å²) in [7, 11) is 0. The van der Waals surface area contributed by atoms with Crippen molar-refractivity contribution >= 4 is 34.8 Å². The molecule has 0 N–H and O–H groups in total. The second-order valence-corrected chi connectivity index (χ2v) is 3.17. The fourth-order valence-corrected chi connectivity index (χ4v) is 1.27. The largest absolute Gasteiger partial charge is 0.461 e.